The first kappa shape index (κ1) is 14.2. The third-order valence-corrected chi connectivity index (χ3v) is 3.51. The predicted molar refractivity (Wildman–Crippen MR) is 63.2 cm³/mol. The third-order valence-electron chi connectivity index (χ3n) is 2.34. The van der Waals surface area contributed by atoms with Gasteiger partial charge in [-0.15, -0.1) is 0 Å². The van der Waals surface area contributed by atoms with E-state index in [0.717, 1.165) is 12.1 Å². The van der Waals surface area contributed by atoms with E-state index in [-0.39, 0.29) is 17.3 Å². The lowest BCUT2D eigenvalue weighted by atomic mass is 10.1. The van der Waals surface area contributed by atoms with Crippen molar-refractivity contribution in [2.24, 2.45) is 4.99 Å². The van der Waals surface area contributed by atoms with Crippen molar-refractivity contribution in [2.75, 3.05) is 0 Å². The van der Waals surface area contributed by atoms with Gasteiger partial charge < -0.3 is 0 Å². The number of aromatic amines is 1. The molecule has 0 atom stereocenters. The Morgan fingerprint density at radius 2 is 1.85 bits per heavy atom. The first-order valence-corrected chi connectivity index (χ1v) is 6.92. The molecule has 0 amide bonds. The normalized spacial score (nSPS) is 15.1. The Bertz CT molecular complexity index is 705. The molecule has 0 saturated carbocycles. The van der Waals surface area contributed by atoms with Crippen molar-refractivity contribution in [3.05, 3.63) is 30.5 Å². The highest BCUT2D eigenvalue weighted by molar-refractivity contribution is 8.45. The van der Waals surface area contributed by atoms with Crippen molar-refractivity contribution in [1.29, 1.82) is 0 Å². The number of nitrogens with zero attached hydrogens (tertiary/aromatic N) is 2. The summed E-state index contributed by atoms with van der Waals surface area (Å²) in [5.74, 6) is 0. The third kappa shape index (κ3) is 2.86. The second-order valence-electron chi connectivity index (χ2n) is 3.81. The lowest BCUT2D eigenvalue weighted by Gasteiger charge is -2.41. The molecule has 0 aliphatic rings. The second kappa shape index (κ2) is 3.68. The van der Waals surface area contributed by atoms with Crippen LogP contribution in [-0.4, -0.2) is 16.3 Å². The van der Waals surface area contributed by atoms with Crippen molar-refractivity contribution in [2.45, 2.75) is 4.90 Å². The summed E-state index contributed by atoms with van der Waals surface area (Å²) in [6.07, 6.45) is 2.23. The van der Waals surface area contributed by atoms with Crippen LogP contribution in [0.5, 0.6) is 0 Å². The van der Waals surface area contributed by atoms with E-state index in [4.69, 9.17) is 0 Å². The average Bonchev–Trinajstić information content (AvgIpc) is 2.79. The number of aromatic nitrogens is 2. The summed E-state index contributed by atoms with van der Waals surface area (Å²) >= 11 is 0. The maximum Gasteiger partial charge on any atom is 0.312 e. The molecule has 1 aromatic carbocycles. The van der Waals surface area contributed by atoms with Crippen LogP contribution in [0.3, 0.4) is 0 Å². The van der Waals surface area contributed by atoms with Crippen molar-refractivity contribution < 1.29 is 24.2 Å². The zero-order valence-corrected chi connectivity index (χ0v) is 10.3. The van der Waals surface area contributed by atoms with E-state index in [1.165, 1.54) is 12.3 Å². The van der Waals surface area contributed by atoms with Gasteiger partial charge in [-0.2, -0.15) is 10.1 Å². The molecule has 2 rings (SSSR count). The molecular formula is C10H6F5N3OS. The summed E-state index contributed by atoms with van der Waals surface area (Å²) in [6, 6.07) is 3.13. The molecule has 4 nitrogen and oxygen atoms in total. The smallest absolute Gasteiger partial charge is 0.285 e. The highest BCUT2D eigenvalue weighted by Gasteiger charge is 2.66. The highest BCUT2D eigenvalue weighted by Crippen LogP contribution is 3.03. The van der Waals surface area contributed by atoms with Crippen molar-refractivity contribution in [1.82, 2.24) is 10.2 Å². The summed E-state index contributed by atoms with van der Waals surface area (Å²) in [5, 5.41) is 6.11. The SMILES string of the molecule is O=C=Nc1cc(-c2cc[nH]n2)ccc1S(F)(F)(F)(F)F. The largest absolute Gasteiger partial charge is 0.312 e. The average molecular weight is 311 g/mol. The van der Waals surface area contributed by atoms with Gasteiger partial charge in [-0.3, -0.25) is 5.10 Å². The molecule has 2 aromatic rings. The van der Waals surface area contributed by atoms with E-state index in [2.05, 4.69) is 15.2 Å². The summed E-state index contributed by atoms with van der Waals surface area (Å²) < 4.78 is 64.0. The van der Waals surface area contributed by atoms with E-state index < -0.39 is 20.8 Å². The van der Waals surface area contributed by atoms with Gasteiger partial charge in [0, 0.05) is 11.8 Å². The molecule has 0 spiro atoms. The quantitative estimate of drug-likeness (QED) is 0.507. The zero-order valence-electron chi connectivity index (χ0n) is 9.49. The molecule has 20 heavy (non-hydrogen) atoms. The van der Waals surface area contributed by atoms with Crippen molar-refractivity contribution >= 4 is 22.0 Å². The van der Waals surface area contributed by atoms with Gasteiger partial charge in [-0.25, -0.2) is 4.79 Å². The Morgan fingerprint density at radius 1 is 1.15 bits per heavy atom. The molecule has 0 aliphatic heterocycles. The van der Waals surface area contributed by atoms with E-state index in [9.17, 15) is 24.2 Å². The number of isocyanates is 1. The molecule has 0 radical (unpaired) electrons. The molecule has 0 saturated heterocycles. The van der Waals surface area contributed by atoms with Crippen LogP contribution in [-0.2, 0) is 4.79 Å². The summed E-state index contributed by atoms with van der Waals surface area (Å²) in [5.41, 5.74) is -0.869. The Morgan fingerprint density at radius 3 is 2.35 bits per heavy atom. The van der Waals surface area contributed by atoms with Crippen LogP contribution in [0, 0.1) is 0 Å². The topological polar surface area (TPSA) is 58.1 Å². The molecule has 0 fully saturated rings. The van der Waals surface area contributed by atoms with Gasteiger partial charge in [0.05, 0.1) is 11.4 Å². The number of H-pyrrole nitrogens is 1. The van der Waals surface area contributed by atoms with Crippen LogP contribution in [0.15, 0.2) is 40.4 Å². The van der Waals surface area contributed by atoms with Gasteiger partial charge in [0.2, 0.25) is 6.08 Å². The number of rotatable bonds is 3. The Hall–Kier alpha value is -2.19. The first-order valence-electron chi connectivity index (χ1n) is 4.97. The number of hydrogen-bond donors (Lipinski definition) is 1. The summed E-state index contributed by atoms with van der Waals surface area (Å²) in [7, 11) is -9.94. The van der Waals surface area contributed by atoms with Crippen LogP contribution < -0.4 is 0 Å². The van der Waals surface area contributed by atoms with Crippen molar-refractivity contribution in [3.8, 4) is 11.3 Å². The fourth-order valence-electron chi connectivity index (χ4n) is 1.56. The maximum atomic E-state index is 12.8. The van der Waals surface area contributed by atoms with Gasteiger partial charge >= 0.3 is 10.2 Å². The lowest BCUT2D eigenvalue weighted by molar-refractivity contribution is 0.364. The standard InChI is InChI=1S/C10H6F5N3OS/c11-20(12,13,14,15)10-2-1-7(5-9(10)16-6-19)8-3-4-17-18-8/h1-5H,(H,17,18). The van der Waals surface area contributed by atoms with Gasteiger partial charge in [0.25, 0.3) is 0 Å². The van der Waals surface area contributed by atoms with Crippen LogP contribution in [0.4, 0.5) is 25.1 Å². The van der Waals surface area contributed by atoms with Gasteiger partial charge in [0.1, 0.15) is 4.90 Å². The van der Waals surface area contributed by atoms with Gasteiger partial charge in [0.15, 0.2) is 0 Å². The summed E-state index contributed by atoms with van der Waals surface area (Å²) in [4.78, 5) is 10.6. The fraction of sp³-hybridized carbons (Fsp3) is 0. The molecule has 1 heterocycles. The van der Waals surface area contributed by atoms with E-state index in [0.29, 0.717) is 6.07 Å². The molecule has 1 aromatic heterocycles. The number of benzene rings is 1. The number of hydrogen-bond acceptors (Lipinski definition) is 3. The van der Waals surface area contributed by atoms with Crippen LogP contribution in [0.2, 0.25) is 0 Å². The first-order chi connectivity index (χ1) is 9.01. The molecule has 108 valence electrons. The second-order valence-corrected chi connectivity index (χ2v) is 6.19. The van der Waals surface area contributed by atoms with Crippen LogP contribution in [0.25, 0.3) is 11.3 Å². The van der Waals surface area contributed by atoms with Crippen molar-refractivity contribution in [3.63, 3.8) is 0 Å². The Kier molecular flexibility index (Phi) is 2.61. The van der Waals surface area contributed by atoms with E-state index in [1.807, 2.05) is 0 Å². The Labute approximate surface area is 109 Å². The minimum absolute atomic E-state index is 0.103. The van der Waals surface area contributed by atoms with Crippen LogP contribution >= 0.6 is 10.2 Å². The minimum atomic E-state index is -9.94. The van der Waals surface area contributed by atoms with E-state index in [1.54, 1.807) is 0 Å². The fourth-order valence-corrected chi connectivity index (χ4v) is 2.39. The van der Waals surface area contributed by atoms with Crippen LogP contribution in [0.1, 0.15) is 0 Å². The molecule has 1 N–H and O–H groups in total. The number of aliphatic imine (C=N–C) groups is 1. The predicted octanol–water partition coefficient (Wildman–Crippen LogP) is 4.70. The zero-order chi connectivity index (χ0) is 15.1. The molecule has 0 aliphatic carbocycles. The van der Waals surface area contributed by atoms with Gasteiger partial charge in [-0.05, 0) is 18.2 Å². The van der Waals surface area contributed by atoms with E-state index >= 15 is 0 Å². The summed E-state index contributed by atoms with van der Waals surface area (Å²) in [6.45, 7) is 0. The minimum Gasteiger partial charge on any atom is -0.285 e. The molecule has 0 unspecified atom stereocenters. The number of halogens is 5. The number of nitrogens with one attached hydrogen (secondary N) is 1. The Balaban J connectivity index is 2.71. The molecule has 0 bridgehead atoms. The lowest BCUT2D eigenvalue weighted by Crippen LogP contribution is -2.06. The highest BCUT2D eigenvalue weighted by atomic mass is 32.5. The van der Waals surface area contributed by atoms with Gasteiger partial charge in [-0.1, -0.05) is 25.5 Å². The molecule has 10 heteroatoms. The molecular weight excluding hydrogens is 305 g/mol. The number of carbonyl (C=O) groups excluding carboxylic acids is 1. The maximum absolute atomic E-state index is 12.8. The monoisotopic (exact) mass is 311 g/mol.